The lowest BCUT2D eigenvalue weighted by Crippen LogP contribution is -2.54. The van der Waals surface area contributed by atoms with Gasteiger partial charge < -0.3 is 15.4 Å². The van der Waals surface area contributed by atoms with Crippen LogP contribution in [0.25, 0.3) is 0 Å². The quantitative estimate of drug-likeness (QED) is 0.332. The first kappa shape index (κ1) is 24.3. The molecule has 0 bridgehead atoms. The zero-order valence-corrected chi connectivity index (χ0v) is 21.8. The van der Waals surface area contributed by atoms with Crippen LogP contribution in [0, 0.1) is 5.92 Å². The SMILES string of the molecule is COc1cccc(C(=O)[C@H]2[C@]3(C(=O)Nc4ccccc43)[C@H](Cc3ccccc3)N[C@@]23C(=O)Nc2ccccc23)c1. The normalized spacial score (nSPS) is 25.9. The van der Waals surface area contributed by atoms with Crippen molar-refractivity contribution in [1.82, 2.24) is 5.32 Å². The van der Waals surface area contributed by atoms with E-state index in [1.165, 1.54) is 0 Å². The van der Waals surface area contributed by atoms with E-state index in [-0.39, 0.29) is 17.6 Å². The number of carbonyl (C=O) groups is 3. The molecule has 0 unspecified atom stereocenters. The summed E-state index contributed by atoms with van der Waals surface area (Å²) in [6, 6.07) is 31.1. The number of para-hydroxylation sites is 2. The summed E-state index contributed by atoms with van der Waals surface area (Å²) >= 11 is 0. The predicted molar refractivity (Wildman–Crippen MR) is 151 cm³/mol. The van der Waals surface area contributed by atoms with Crippen molar-refractivity contribution in [3.05, 3.63) is 125 Å². The standard InChI is InChI=1S/C33H27N3O4/c1-40-22-13-9-12-21(19-22)28(37)29-32(23-14-5-7-16-25(23)34-30(32)38)27(18-20-10-3-2-4-11-20)36-33(29)24-15-6-8-17-26(24)35-31(33)39/h2-17,19,27,29,36H,18H2,1H3,(H,34,38)(H,35,39)/t27-,29-,32+,33+/m0/s1. The number of carbonyl (C=O) groups excluding carboxylic acids is 3. The summed E-state index contributed by atoms with van der Waals surface area (Å²) in [6.45, 7) is 0. The van der Waals surface area contributed by atoms with Crippen molar-refractivity contribution < 1.29 is 19.1 Å². The van der Waals surface area contributed by atoms with Crippen LogP contribution in [0.2, 0.25) is 0 Å². The number of hydrogen-bond donors (Lipinski definition) is 3. The van der Waals surface area contributed by atoms with Crippen LogP contribution in [-0.2, 0) is 27.0 Å². The van der Waals surface area contributed by atoms with Gasteiger partial charge in [-0.2, -0.15) is 0 Å². The Morgan fingerprint density at radius 1 is 0.775 bits per heavy atom. The zero-order valence-electron chi connectivity index (χ0n) is 21.8. The third-order valence-corrected chi connectivity index (χ3v) is 8.69. The Bertz CT molecular complexity index is 1690. The van der Waals surface area contributed by atoms with Gasteiger partial charge in [-0.1, -0.05) is 78.9 Å². The average Bonchev–Trinajstić information content (AvgIpc) is 3.56. The van der Waals surface area contributed by atoms with Crippen molar-refractivity contribution in [3.8, 4) is 5.75 Å². The largest absolute Gasteiger partial charge is 0.497 e. The first-order valence-electron chi connectivity index (χ1n) is 13.3. The Kier molecular flexibility index (Phi) is 5.40. The van der Waals surface area contributed by atoms with E-state index in [2.05, 4.69) is 16.0 Å². The van der Waals surface area contributed by atoms with Crippen molar-refractivity contribution in [2.45, 2.75) is 23.4 Å². The Labute approximate surface area is 231 Å². The van der Waals surface area contributed by atoms with E-state index in [1.54, 1.807) is 31.4 Å². The molecule has 7 heteroatoms. The second-order valence-electron chi connectivity index (χ2n) is 10.6. The summed E-state index contributed by atoms with van der Waals surface area (Å²) in [5.41, 5.74) is 1.17. The highest BCUT2D eigenvalue weighted by atomic mass is 16.5. The maximum absolute atomic E-state index is 14.9. The molecule has 0 aromatic heterocycles. The van der Waals surface area contributed by atoms with Gasteiger partial charge in [-0.05, 0) is 41.8 Å². The van der Waals surface area contributed by atoms with Gasteiger partial charge in [0.1, 0.15) is 16.7 Å². The molecule has 1 fully saturated rings. The lowest BCUT2D eigenvalue weighted by molar-refractivity contribution is -0.124. The fourth-order valence-electron chi connectivity index (χ4n) is 7.07. The lowest BCUT2D eigenvalue weighted by Gasteiger charge is -2.36. The molecule has 4 aromatic carbocycles. The van der Waals surface area contributed by atoms with Crippen LogP contribution in [0.1, 0.15) is 27.0 Å². The minimum atomic E-state index is -1.48. The molecular formula is C33H27N3O4. The number of rotatable bonds is 5. The summed E-state index contributed by atoms with van der Waals surface area (Å²) in [4.78, 5) is 43.5. The molecule has 7 rings (SSSR count). The number of benzene rings is 4. The minimum absolute atomic E-state index is 0.294. The number of Topliss-reactive ketones (excluding diaryl/α,β-unsaturated/α-hetero) is 1. The van der Waals surface area contributed by atoms with Gasteiger partial charge in [-0.25, -0.2) is 0 Å². The van der Waals surface area contributed by atoms with Gasteiger partial charge >= 0.3 is 0 Å². The number of methoxy groups -OCH3 is 1. The molecule has 4 atom stereocenters. The first-order valence-corrected chi connectivity index (χ1v) is 13.3. The van der Waals surface area contributed by atoms with E-state index in [0.29, 0.717) is 40.2 Å². The highest BCUT2D eigenvalue weighted by Crippen LogP contribution is 2.60. The second kappa shape index (κ2) is 8.89. The number of nitrogens with one attached hydrogen (secondary N) is 3. The van der Waals surface area contributed by atoms with Gasteiger partial charge in [-0.3, -0.25) is 19.7 Å². The van der Waals surface area contributed by atoms with Crippen molar-refractivity contribution >= 4 is 29.0 Å². The highest BCUT2D eigenvalue weighted by molar-refractivity contribution is 6.18. The summed E-state index contributed by atoms with van der Waals surface area (Å²) in [5, 5.41) is 9.70. The smallest absolute Gasteiger partial charge is 0.250 e. The molecule has 0 aliphatic carbocycles. The number of ketones is 1. The Morgan fingerprint density at radius 2 is 1.43 bits per heavy atom. The maximum atomic E-state index is 14.9. The molecular weight excluding hydrogens is 502 g/mol. The molecule has 1 saturated heterocycles. The van der Waals surface area contributed by atoms with Crippen LogP contribution in [0.15, 0.2) is 103 Å². The fourth-order valence-corrected chi connectivity index (χ4v) is 7.07. The molecule has 4 aromatic rings. The Morgan fingerprint density at radius 3 is 2.17 bits per heavy atom. The van der Waals surface area contributed by atoms with Crippen LogP contribution in [0.3, 0.4) is 0 Å². The first-order chi connectivity index (χ1) is 19.5. The predicted octanol–water partition coefficient (Wildman–Crippen LogP) is 4.45. The monoisotopic (exact) mass is 529 g/mol. The molecule has 2 amide bonds. The average molecular weight is 530 g/mol. The number of amides is 2. The van der Waals surface area contributed by atoms with Crippen LogP contribution in [-0.4, -0.2) is 30.7 Å². The van der Waals surface area contributed by atoms with E-state index in [0.717, 1.165) is 5.56 Å². The molecule has 40 heavy (non-hydrogen) atoms. The molecule has 3 aliphatic rings. The van der Waals surface area contributed by atoms with Gasteiger partial charge in [-0.15, -0.1) is 0 Å². The van der Waals surface area contributed by atoms with Crippen LogP contribution < -0.4 is 20.7 Å². The number of ether oxygens (including phenoxy) is 1. The number of fused-ring (bicyclic) bond motifs is 4. The molecule has 7 nitrogen and oxygen atoms in total. The molecule has 2 spiro atoms. The number of hydrogen-bond acceptors (Lipinski definition) is 5. The summed E-state index contributed by atoms with van der Waals surface area (Å²) in [7, 11) is 1.54. The molecule has 198 valence electrons. The molecule has 3 N–H and O–H groups in total. The molecule has 3 heterocycles. The van der Waals surface area contributed by atoms with E-state index in [9.17, 15) is 14.4 Å². The van der Waals surface area contributed by atoms with Crippen LogP contribution in [0.5, 0.6) is 5.75 Å². The fraction of sp³-hybridized carbons (Fsp3) is 0.182. The molecule has 3 aliphatic heterocycles. The molecule has 0 radical (unpaired) electrons. The van der Waals surface area contributed by atoms with Gasteiger partial charge in [0.2, 0.25) is 11.8 Å². The van der Waals surface area contributed by atoms with Crippen molar-refractivity contribution in [2.24, 2.45) is 5.92 Å². The lowest BCUT2D eigenvalue weighted by atomic mass is 9.60. The second-order valence-corrected chi connectivity index (χ2v) is 10.6. The third kappa shape index (κ3) is 3.18. The highest BCUT2D eigenvalue weighted by Gasteiger charge is 2.74. The van der Waals surface area contributed by atoms with Crippen LogP contribution >= 0.6 is 0 Å². The maximum Gasteiger partial charge on any atom is 0.250 e. The summed E-state index contributed by atoms with van der Waals surface area (Å²) in [6.07, 6.45) is 0.432. The summed E-state index contributed by atoms with van der Waals surface area (Å²) in [5.74, 6) is -1.51. The third-order valence-electron chi connectivity index (χ3n) is 8.69. The van der Waals surface area contributed by atoms with Crippen molar-refractivity contribution in [1.29, 1.82) is 0 Å². The van der Waals surface area contributed by atoms with Crippen molar-refractivity contribution in [2.75, 3.05) is 17.7 Å². The van der Waals surface area contributed by atoms with Crippen molar-refractivity contribution in [3.63, 3.8) is 0 Å². The zero-order chi connectivity index (χ0) is 27.5. The topological polar surface area (TPSA) is 96.5 Å². The minimum Gasteiger partial charge on any atom is -0.497 e. The van der Waals surface area contributed by atoms with E-state index in [4.69, 9.17) is 4.74 Å². The van der Waals surface area contributed by atoms with Crippen LogP contribution in [0.4, 0.5) is 11.4 Å². The number of anilines is 2. The molecule has 0 saturated carbocycles. The summed E-state index contributed by atoms with van der Waals surface area (Å²) < 4.78 is 5.43. The van der Waals surface area contributed by atoms with Gasteiger partial charge in [0, 0.05) is 28.5 Å². The van der Waals surface area contributed by atoms with E-state index in [1.807, 2.05) is 78.9 Å². The van der Waals surface area contributed by atoms with E-state index < -0.39 is 22.9 Å². The van der Waals surface area contributed by atoms with Gasteiger partial charge in [0.25, 0.3) is 0 Å². The van der Waals surface area contributed by atoms with Gasteiger partial charge in [0.15, 0.2) is 5.78 Å². The van der Waals surface area contributed by atoms with Gasteiger partial charge in [0.05, 0.1) is 13.0 Å². The Hall–Kier alpha value is -4.75. The van der Waals surface area contributed by atoms with E-state index >= 15 is 0 Å². The Balaban J connectivity index is 1.53.